The average Bonchev–Trinajstić information content (AvgIpc) is 2.60. The van der Waals surface area contributed by atoms with Gasteiger partial charge in [-0.1, -0.05) is 20.8 Å². The van der Waals surface area contributed by atoms with Crippen LogP contribution < -0.4 is 5.32 Å². The van der Waals surface area contributed by atoms with Gasteiger partial charge in [0.05, 0.1) is 23.3 Å². The van der Waals surface area contributed by atoms with Gasteiger partial charge in [0.1, 0.15) is 0 Å². The van der Waals surface area contributed by atoms with E-state index >= 15 is 0 Å². The van der Waals surface area contributed by atoms with Crippen LogP contribution in [0.25, 0.3) is 0 Å². The normalized spacial score (nSPS) is 25.7. The van der Waals surface area contributed by atoms with Crippen LogP contribution in [0.5, 0.6) is 0 Å². The van der Waals surface area contributed by atoms with E-state index in [2.05, 4.69) is 42.7 Å². The Bertz CT molecular complexity index is 354. The molecule has 1 atom stereocenters. The number of imidazole rings is 1. The molecule has 0 radical (unpaired) electrons. The van der Waals surface area contributed by atoms with E-state index in [0.717, 1.165) is 19.4 Å². The highest BCUT2D eigenvalue weighted by Crippen LogP contribution is 2.36. The second-order valence-electron chi connectivity index (χ2n) is 4.81. The first-order valence-corrected chi connectivity index (χ1v) is 5.87. The summed E-state index contributed by atoms with van der Waals surface area (Å²) in [6.45, 7) is 7.89. The Balaban J connectivity index is 2.55. The van der Waals surface area contributed by atoms with Crippen LogP contribution in [0.4, 0.5) is 0 Å². The first kappa shape index (κ1) is 10.7. The van der Waals surface area contributed by atoms with Gasteiger partial charge in [-0.15, -0.1) is 0 Å². The third-order valence-electron chi connectivity index (χ3n) is 3.78. The Hall–Kier alpha value is -0.830. The quantitative estimate of drug-likeness (QED) is 0.802. The lowest BCUT2D eigenvalue weighted by Crippen LogP contribution is -2.51. The lowest BCUT2D eigenvalue weighted by Gasteiger charge is -2.41. The van der Waals surface area contributed by atoms with Crippen LogP contribution in [-0.2, 0) is 19.0 Å². The number of aromatic nitrogens is 2. The number of nitrogens with one attached hydrogen (secondary N) is 1. The molecule has 1 aliphatic rings. The Morgan fingerprint density at radius 3 is 2.93 bits per heavy atom. The predicted octanol–water partition coefficient (Wildman–Crippen LogP) is 1.83. The number of rotatable bonds is 2. The van der Waals surface area contributed by atoms with Crippen molar-refractivity contribution in [1.29, 1.82) is 0 Å². The summed E-state index contributed by atoms with van der Waals surface area (Å²) in [5.74, 6) is 0.594. The van der Waals surface area contributed by atoms with Gasteiger partial charge in [0.15, 0.2) is 0 Å². The molecule has 1 aromatic rings. The fourth-order valence-electron chi connectivity index (χ4n) is 2.90. The lowest BCUT2D eigenvalue weighted by atomic mass is 9.77. The Kier molecular flexibility index (Phi) is 2.59. The fraction of sp³-hybridized carbons (Fsp3) is 0.750. The van der Waals surface area contributed by atoms with E-state index in [9.17, 15) is 0 Å². The molecule has 15 heavy (non-hydrogen) atoms. The highest BCUT2D eigenvalue weighted by atomic mass is 15.1. The summed E-state index contributed by atoms with van der Waals surface area (Å²) in [5, 5.41) is 3.70. The molecule has 1 unspecified atom stereocenters. The van der Waals surface area contributed by atoms with Crippen LogP contribution in [0.3, 0.4) is 0 Å². The zero-order valence-corrected chi connectivity index (χ0v) is 10.2. The molecule has 3 heteroatoms. The van der Waals surface area contributed by atoms with Crippen LogP contribution in [0.15, 0.2) is 6.33 Å². The zero-order chi connectivity index (χ0) is 11.1. The van der Waals surface area contributed by atoms with E-state index in [-0.39, 0.29) is 5.54 Å². The molecule has 0 spiro atoms. The van der Waals surface area contributed by atoms with Crippen molar-refractivity contribution in [3.63, 3.8) is 0 Å². The first-order chi connectivity index (χ1) is 7.12. The topological polar surface area (TPSA) is 29.9 Å². The Morgan fingerprint density at radius 1 is 1.60 bits per heavy atom. The van der Waals surface area contributed by atoms with Crippen molar-refractivity contribution in [1.82, 2.24) is 14.9 Å². The van der Waals surface area contributed by atoms with Gasteiger partial charge in [-0.3, -0.25) is 0 Å². The minimum atomic E-state index is 0.124. The highest BCUT2D eigenvalue weighted by molar-refractivity contribution is 5.27. The van der Waals surface area contributed by atoms with Crippen LogP contribution in [0.1, 0.15) is 38.6 Å². The first-order valence-electron chi connectivity index (χ1n) is 5.87. The largest absolute Gasteiger partial charge is 0.336 e. The van der Waals surface area contributed by atoms with Gasteiger partial charge in [-0.2, -0.15) is 0 Å². The predicted molar refractivity (Wildman–Crippen MR) is 61.7 cm³/mol. The lowest BCUT2D eigenvalue weighted by molar-refractivity contribution is 0.204. The summed E-state index contributed by atoms with van der Waals surface area (Å²) in [7, 11) is 2.10. The van der Waals surface area contributed by atoms with Crippen molar-refractivity contribution >= 4 is 0 Å². The maximum absolute atomic E-state index is 4.50. The van der Waals surface area contributed by atoms with Crippen LogP contribution >= 0.6 is 0 Å². The molecule has 0 saturated carbocycles. The molecule has 1 aromatic heterocycles. The fourth-order valence-corrected chi connectivity index (χ4v) is 2.90. The van der Waals surface area contributed by atoms with Gasteiger partial charge in [-0.25, -0.2) is 4.98 Å². The van der Waals surface area contributed by atoms with Crippen molar-refractivity contribution in [2.75, 3.05) is 6.54 Å². The molecule has 0 saturated heterocycles. The summed E-state index contributed by atoms with van der Waals surface area (Å²) < 4.78 is 2.19. The van der Waals surface area contributed by atoms with E-state index in [1.807, 2.05) is 6.33 Å². The number of nitrogens with zero attached hydrogens (tertiary/aromatic N) is 2. The zero-order valence-electron chi connectivity index (χ0n) is 10.2. The SMILES string of the molecule is CCC1(C(C)C)NCCc2ncn(C)c21. The molecule has 0 aliphatic carbocycles. The Morgan fingerprint density at radius 2 is 2.33 bits per heavy atom. The van der Waals surface area contributed by atoms with Crippen molar-refractivity contribution in [2.24, 2.45) is 13.0 Å². The summed E-state index contributed by atoms with van der Waals surface area (Å²) >= 11 is 0. The van der Waals surface area contributed by atoms with Crippen LogP contribution in [-0.4, -0.2) is 16.1 Å². The number of hydrogen-bond donors (Lipinski definition) is 1. The van der Waals surface area contributed by atoms with Crippen molar-refractivity contribution in [3.05, 3.63) is 17.7 Å². The van der Waals surface area contributed by atoms with Gasteiger partial charge < -0.3 is 9.88 Å². The molecule has 0 amide bonds. The molecule has 2 rings (SSSR count). The van der Waals surface area contributed by atoms with Crippen LogP contribution in [0, 0.1) is 5.92 Å². The van der Waals surface area contributed by atoms with Gasteiger partial charge >= 0.3 is 0 Å². The standard InChI is InChI=1S/C12H21N3/c1-5-12(9(2)3)11-10(6-7-14-12)13-8-15(11)4/h8-9,14H,5-7H2,1-4H3. The summed E-state index contributed by atoms with van der Waals surface area (Å²) in [6, 6.07) is 0. The second-order valence-corrected chi connectivity index (χ2v) is 4.81. The number of fused-ring (bicyclic) bond motifs is 1. The van der Waals surface area contributed by atoms with Gasteiger partial charge in [0.25, 0.3) is 0 Å². The molecule has 3 nitrogen and oxygen atoms in total. The second kappa shape index (κ2) is 3.63. The van der Waals surface area contributed by atoms with E-state index in [1.165, 1.54) is 11.4 Å². The highest BCUT2D eigenvalue weighted by Gasteiger charge is 2.40. The van der Waals surface area contributed by atoms with Crippen molar-refractivity contribution in [2.45, 2.75) is 39.2 Å². The Labute approximate surface area is 91.9 Å². The molecule has 84 valence electrons. The molecule has 0 fully saturated rings. The smallest absolute Gasteiger partial charge is 0.0949 e. The maximum atomic E-state index is 4.50. The number of aryl methyl sites for hydroxylation is 1. The van der Waals surface area contributed by atoms with Crippen LogP contribution in [0.2, 0.25) is 0 Å². The maximum Gasteiger partial charge on any atom is 0.0949 e. The summed E-state index contributed by atoms with van der Waals surface area (Å²) in [6.07, 6.45) is 4.13. The van der Waals surface area contributed by atoms with Crippen molar-refractivity contribution in [3.8, 4) is 0 Å². The molecular weight excluding hydrogens is 186 g/mol. The van der Waals surface area contributed by atoms with Gasteiger partial charge in [0, 0.05) is 20.0 Å². The molecule has 0 bridgehead atoms. The average molecular weight is 207 g/mol. The third-order valence-corrected chi connectivity index (χ3v) is 3.78. The molecule has 2 heterocycles. The third kappa shape index (κ3) is 1.41. The summed E-state index contributed by atoms with van der Waals surface area (Å²) in [4.78, 5) is 4.50. The van der Waals surface area contributed by atoms with Crippen molar-refractivity contribution < 1.29 is 0 Å². The van der Waals surface area contributed by atoms with E-state index in [4.69, 9.17) is 0 Å². The van der Waals surface area contributed by atoms with E-state index < -0.39 is 0 Å². The minimum absolute atomic E-state index is 0.124. The number of hydrogen-bond acceptors (Lipinski definition) is 2. The molecular formula is C12H21N3. The summed E-state index contributed by atoms with van der Waals surface area (Å²) in [5.41, 5.74) is 2.80. The van der Waals surface area contributed by atoms with Gasteiger partial charge in [-0.05, 0) is 12.3 Å². The van der Waals surface area contributed by atoms with E-state index in [0.29, 0.717) is 5.92 Å². The molecule has 1 aliphatic heterocycles. The van der Waals surface area contributed by atoms with E-state index in [1.54, 1.807) is 0 Å². The molecule has 0 aromatic carbocycles. The minimum Gasteiger partial charge on any atom is -0.336 e. The van der Waals surface area contributed by atoms with Gasteiger partial charge in [0.2, 0.25) is 0 Å². The molecule has 1 N–H and O–H groups in total. The monoisotopic (exact) mass is 207 g/mol.